The number of rotatable bonds is 9. The van der Waals surface area contributed by atoms with Crippen LogP contribution in [-0.4, -0.2) is 41.4 Å². The van der Waals surface area contributed by atoms with E-state index in [2.05, 4.69) is 0 Å². The van der Waals surface area contributed by atoms with Gasteiger partial charge >= 0.3 is 5.97 Å². The number of carbonyl (C=O) groups excluding carboxylic acids is 2. The van der Waals surface area contributed by atoms with Crippen LogP contribution in [0.2, 0.25) is 0 Å². The number of ketones is 1. The molecule has 0 saturated heterocycles. The fourth-order valence-corrected chi connectivity index (χ4v) is 4.48. The zero-order chi connectivity index (χ0) is 24.9. The summed E-state index contributed by atoms with van der Waals surface area (Å²) >= 11 is 0. The minimum atomic E-state index is -3.89. The molecule has 3 aromatic rings. The summed E-state index contributed by atoms with van der Waals surface area (Å²) in [5.74, 6) is 0.138. The van der Waals surface area contributed by atoms with Gasteiger partial charge in [0.1, 0.15) is 18.1 Å². The number of carbonyl (C=O) groups is 2. The molecule has 0 aliphatic carbocycles. The van der Waals surface area contributed by atoms with Gasteiger partial charge in [-0.05, 0) is 61.5 Å². The molecular weight excluding hydrogens is 458 g/mol. The lowest BCUT2D eigenvalue weighted by molar-refractivity contribution is 0.0470. The number of Topliss-reactive ketones (excluding diaryl/α,β-unsaturated/α-hetero) is 1. The predicted octanol–water partition coefficient (Wildman–Crippen LogP) is 4.09. The van der Waals surface area contributed by atoms with E-state index in [0.29, 0.717) is 28.3 Å². The molecule has 0 heterocycles. The van der Waals surface area contributed by atoms with Crippen molar-refractivity contribution >= 4 is 27.5 Å². The molecule has 0 atom stereocenters. The normalized spacial score (nSPS) is 10.9. The Morgan fingerprint density at radius 1 is 0.853 bits per heavy atom. The smallest absolute Gasteiger partial charge is 0.338 e. The monoisotopic (exact) mass is 483 g/mol. The second-order valence-corrected chi connectivity index (χ2v) is 9.30. The van der Waals surface area contributed by atoms with Crippen molar-refractivity contribution < 1.29 is 32.2 Å². The van der Waals surface area contributed by atoms with E-state index in [9.17, 15) is 18.0 Å². The van der Waals surface area contributed by atoms with Gasteiger partial charge in [0.2, 0.25) is 0 Å². The van der Waals surface area contributed by atoms with Crippen molar-refractivity contribution in [2.75, 3.05) is 25.6 Å². The number of para-hydroxylation sites is 2. The van der Waals surface area contributed by atoms with E-state index in [0.717, 1.165) is 4.31 Å². The molecule has 34 heavy (non-hydrogen) atoms. The lowest BCUT2D eigenvalue weighted by Crippen LogP contribution is -2.27. The molecule has 0 fully saturated rings. The van der Waals surface area contributed by atoms with Gasteiger partial charge in [-0.1, -0.05) is 12.1 Å². The molecule has 0 N–H and O–H groups in total. The Morgan fingerprint density at radius 2 is 1.47 bits per heavy atom. The molecule has 3 aromatic carbocycles. The topological polar surface area (TPSA) is 99.2 Å². The van der Waals surface area contributed by atoms with E-state index < -0.39 is 16.0 Å². The highest BCUT2D eigenvalue weighted by Gasteiger charge is 2.24. The Morgan fingerprint density at radius 3 is 2.09 bits per heavy atom. The van der Waals surface area contributed by atoms with Crippen LogP contribution in [0.4, 0.5) is 5.69 Å². The van der Waals surface area contributed by atoms with Gasteiger partial charge in [-0.15, -0.1) is 0 Å². The third kappa shape index (κ3) is 5.20. The maximum atomic E-state index is 13.1. The van der Waals surface area contributed by atoms with Crippen LogP contribution in [0.1, 0.15) is 33.2 Å². The number of esters is 1. The molecule has 3 rings (SSSR count). The van der Waals surface area contributed by atoms with Crippen LogP contribution in [0.3, 0.4) is 0 Å². The standard InChI is InChI=1S/C25H25NO7S/c1-17(27)19-11-14-23(31-3)20(15-19)16-33-25(28)18-9-12-21(13-10-18)34(29,30)26(2)22-7-5-6-8-24(22)32-4/h5-15H,16H2,1-4H3. The maximum absolute atomic E-state index is 13.1. The fraction of sp³-hybridized carbons (Fsp3) is 0.200. The Labute approximate surface area is 198 Å². The lowest BCUT2D eigenvalue weighted by atomic mass is 10.1. The summed E-state index contributed by atoms with van der Waals surface area (Å²) < 4.78 is 43.1. The Hall–Kier alpha value is -3.85. The van der Waals surface area contributed by atoms with Gasteiger partial charge in [0.05, 0.1) is 30.4 Å². The van der Waals surface area contributed by atoms with E-state index in [1.165, 1.54) is 52.5 Å². The molecule has 9 heteroatoms. The minimum Gasteiger partial charge on any atom is -0.496 e. The van der Waals surface area contributed by atoms with E-state index >= 15 is 0 Å². The molecule has 0 aliphatic heterocycles. The van der Waals surface area contributed by atoms with Crippen LogP contribution in [0.25, 0.3) is 0 Å². The molecule has 8 nitrogen and oxygen atoms in total. The molecule has 178 valence electrons. The maximum Gasteiger partial charge on any atom is 0.338 e. The van der Waals surface area contributed by atoms with Crippen LogP contribution in [0, 0.1) is 0 Å². The Kier molecular flexibility index (Phi) is 7.57. The molecule has 0 saturated carbocycles. The van der Waals surface area contributed by atoms with Crippen LogP contribution in [-0.2, 0) is 21.4 Å². The van der Waals surface area contributed by atoms with Crippen molar-refractivity contribution in [1.82, 2.24) is 0 Å². The number of benzene rings is 3. The van der Waals surface area contributed by atoms with E-state index in [4.69, 9.17) is 14.2 Å². The molecule has 0 spiro atoms. The fourth-order valence-electron chi connectivity index (χ4n) is 3.28. The summed E-state index contributed by atoms with van der Waals surface area (Å²) in [6, 6.07) is 17.1. The summed E-state index contributed by atoms with van der Waals surface area (Å²) in [7, 11) is 0.482. The van der Waals surface area contributed by atoms with Gasteiger partial charge in [-0.2, -0.15) is 0 Å². The number of hydrogen-bond donors (Lipinski definition) is 0. The lowest BCUT2D eigenvalue weighted by Gasteiger charge is -2.21. The van der Waals surface area contributed by atoms with Crippen LogP contribution in [0.5, 0.6) is 11.5 Å². The van der Waals surface area contributed by atoms with Gasteiger partial charge in [-0.25, -0.2) is 13.2 Å². The third-order valence-electron chi connectivity index (χ3n) is 5.22. The Balaban J connectivity index is 1.76. The van der Waals surface area contributed by atoms with Crippen molar-refractivity contribution in [3.8, 4) is 11.5 Å². The first-order valence-electron chi connectivity index (χ1n) is 10.3. The second kappa shape index (κ2) is 10.4. The minimum absolute atomic E-state index is 0.00767. The summed E-state index contributed by atoms with van der Waals surface area (Å²) in [5.41, 5.74) is 1.58. The van der Waals surface area contributed by atoms with Gasteiger partial charge in [0, 0.05) is 18.2 Å². The van der Waals surface area contributed by atoms with Crippen LogP contribution in [0.15, 0.2) is 71.6 Å². The Bertz CT molecular complexity index is 1300. The van der Waals surface area contributed by atoms with E-state index in [1.807, 2.05) is 0 Å². The molecule has 0 aromatic heterocycles. The number of nitrogens with zero attached hydrogens (tertiary/aromatic N) is 1. The van der Waals surface area contributed by atoms with Crippen molar-refractivity contribution in [2.24, 2.45) is 0 Å². The van der Waals surface area contributed by atoms with Gasteiger partial charge in [0.25, 0.3) is 10.0 Å². The molecule has 0 aliphatic rings. The first kappa shape index (κ1) is 24.8. The van der Waals surface area contributed by atoms with Crippen LogP contribution < -0.4 is 13.8 Å². The highest BCUT2D eigenvalue weighted by Crippen LogP contribution is 2.31. The zero-order valence-electron chi connectivity index (χ0n) is 19.3. The van der Waals surface area contributed by atoms with Crippen molar-refractivity contribution in [3.05, 3.63) is 83.4 Å². The first-order valence-corrected chi connectivity index (χ1v) is 11.7. The summed E-state index contributed by atoms with van der Waals surface area (Å²) in [5, 5.41) is 0. The SMILES string of the molecule is COc1ccc(C(C)=O)cc1COC(=O)c1ccc(S(=O)(=O)N(C)c2ccccc2OC)cc1. The van der Waals surface area contributed by atoms with Crippen LogP contribution >= 0.6 is 0 Å². The molecular formula is C25H25NO7S. The third-order valence-corrected chi connectivity index (χ3v) is 7.00. The molecule has 0 amide bonds. The van der Waals surface area contributed by atoms with Crippen molar-refractivity contribution in [2.45, 2.75) is 18.4 Å². The second-order valence-electron chi connectivity index (χ2n) is 7.33. The largest absolute Gasteiger partial charge is 0.496 e. The van der Waals surface area contributed by atoms with E-state index in [1.54, 1.807) is 42.5 Å². The highest BCUT2D eigenvalue weighted by molar-refractivity contribution is 7.92. The highest BCUT2D eigenvalue weighted by atomic mass is 32.2. The number of sulfonamides is 1. The molecule has 0 radical (unpaired) electrons. The summed E-state index contributed by atoms with van der Waals surface area (Å²) in [4.78, 5) is 24.2. The number of ether oxygens (including phenoxy) is 3. The average molecular weight is 484 g/mol. The predicted molar refractivity (Wildman–Crippen MR) is 127 cm³/mol. The van der Waals surface area contributed by atoms with Gasteiger partial charge < -0.3 is 14.2 Å². The number of hydrogen-bond acceptors (Lipinski definition) is 7. The number of anilines is 1. The number of methoxy groups -OCH3 is 2. The zero-order valence-corrected chi connectivity index (χ0v) is 20.1. The molecule has 0 bridgehead atoms. The van der Waals surface area contributed by atoms with Gasteiger partial charge in [-0.3, -0.25) is 9.10 Å². The summed E-state index contributed by atoms with van der Waals surface area (Å²) in [6.07, 6.45) is 0. The van der Waals surface area contributed by atoms with Crippen molar-refractivity contribution in [1.29, 1.82) is 0 Å². The summed E-state index contributed by atoms with van der Waals surface area (Å²) in [6.45, 7) is 1.33. The first-order chi connectivity index (χ1) is 16.2. The van der Waals surface area contributed by atoms with Crippen molar-refractivity contribution in [3.63, 3.8) is 0 Å². The van der Waals surface area contributed by atoms with Gasteiger partial charge in [0.15, 0.2) is 5.78 Å². The van der Waals surface area contributed by atoms with E-state index in [-0.39, 0.29) is 22.8 Å². The molecule has 0 unspecified atom stereocenters. The average Bonchev–Trinajstić information content (AvgIpc) is 2.86. The quantitative estimate of drug-likeness (QED) is 0.334.